The van der Waals surface area contributed by atoms with Gasteiger partial charge in [0.15, 0.2) is 0 Å². The van der Waals surface area contributed by atoms with Crippen LogP contribution in [-0.4, -0.2) is 13.2 Å². The Morgan fingerprint density at radius 3 is 2.50 bits per heavy atom. The average molecular weight is 348 g/mol. The second-order valence-corrected chi connectivity index (χ2v) is 7.32. The minimum absolute atomic E-state index is 0.517. The van der Waals surface area contributed by atoms with Gasteiger partial charge in [-0.2, -0.15) is 0 Å². The first kappa shape index (κ1) is 18.5. The third-order valence-corrected chi connectivity index (χ3v) is 4.70. The predicted octanol–water partition coefficient (Wildman–Crippen LogP) is 5.52. The summed E-state index contributed by atoms with van der Waals surface area (Å²) in [4.78, 5) is 0. The van der Waals surface area contributed by atoms with Gasteiger partial charge in [-0.3, -0.25) is 0 Å². The Kier molecular flexibility index (Phi) is 6.30. The largest absolute Gasteiger partial charge is 0.493 e. The molecule has 3 aromatic carbocycles. The zero-order valence-corrected chi connectivity index (χ0v) is 16.1. The Morgan fingerprint density at radius 1 is 0.923 bits per heavy atom. The van der Waals surface area contributed by atoms with Crippen molar-refractivity contribution in [2.45, 2.75) is 33.7 Å². The molecule has 0 unspecified atom stereocenters. The maximum absolute atomic E-state index is 6.10. The molecule has 0 radical (unpaired) electrons. The van der Waals surface area contributed by atoms with Crippen molar-refractivity contribution in [3.63, 3.8) is 0 Å². The molecular weight excluding hydrogens is 318 g/mol. The maximum atomic E-state index is 6.10. The van der Waals surface area contributed by atoms with Gasteiger partial charge in [0.1, 0.15) is 5.75 Å². The molecule has 0 fully saturated rings. The van der Waals surface area contributed by atoms with E-state index in [0.29, 0.717) is 5.92 Å². The number of aryl methyl sites for hydroxylation is 1. The first-order valence-electron chi connectivity index (χ1n) is 9.54. The standard InChI is InChI=1S/C24H29NO/c1-18(2)17-26-24-13-12-21-10-6-7-11-22(21)23(24)16-25-15-14-20-9-5-4-8-19(20)3/h4-13,18,25H,14-17H2,1-3H3. The van der Waals surface area contributed by atoms with E-state index < -0.39 is 0 Å². The van der Waals surface area contributed by atoms with E-state index in [0.717, 1.165) is 31.9 Å². The van der Waals surface area contributed by atoms with Crippen LogP contribution in [0.25, 0.3) is 10.8 Å². The highest BCUT2D eigenvalue weighted by atomic mass is 16.5. The van der Waals surface area contributed by atoms with Crippen LogP contribution in [0.15, 0.2) is 60.7 Å². The highest BCUT2D eigenvalue weighted by molar-refractivity contribution is 5.87. The molecule has 0 aliphatic rings. The zero-order chi connectivity index (χ0) is 18.4. The molecule has 0 aromatic heterocycles. The lowest BCUT2D eigenvalue weighted by Gasteiger charge is -2.16. The molecule has 26 heavy (non-hydrogen) atoms. The fourth-order valence-electron chi connectivity index (χ4n) is 3.22. The third-order valence-electron chi connectivity index (χ3n) is 4.70. The van der Waals surface area contributed by atoms with Gasteiger partial charge >= 0.3 is 0 Å². The minimum Gasteiger partial charge on any atom is -0.493 e. The highest BCUT2D eigenvalue weighted by Crippen LogP contribution is 2.28. The van der Waals surface area contributed by atoms with Crippen LogP contribution in [0, 0.1) is 12.8 Å². The predicted molar refractivity (Wildman–Crippen MR) is 111 cm³/mol. The first-order valence-corrected chi connectivity index (χ1v) is 9.54. The van der Waals surface area contributed by atoms with Gasteiger partial charge < -0.3 is 10.1 Å². The monoisotopic (exact) mass is 347 g/mol. The van der Waals surface area contributed by atoms with Crippen LogP contribution >= 0.6 is 0 Å². The van der Waals surface area contributed by atoms with Crippen molar-refractivity contribution in [3.05, 3.63) is 77.4 Å². The van der Waals surface area contributed by atoms with Gasteiger partial charge in [-0.1, -0.05) is 68.4 Å². The van der Waals surface area contributed by atoms with Gasteiger partial charge in [-0.25, -0.2) is 0 Å². The molecule has 0 saturated heterocycles. The van der Waals surface area contributed by atoms with E-state index in [1.165, 1.54) is 27.5 Å². The van der Waals surface area contributed by atoms with Crippen LogP contribution in [0.5, 0.6) is 5.75 Å². The van der Waals surface area contributed by atoms with Gasteiger partial charge in [0.2, 0.25) is 0 Å². The number of hydrogen-bond acceptors (Lipinski definition) is 2. The lowest BCUT2D eigenvalue weighted by molar-refractivity contribution is 0.268. The Morgan fingerprint density at radius 2 is 1.69 bits per heavy atom. The molecule has 0 spiro atoms. The van der Waals surface area contributed by atoms with Gasteiger partial charge in [0.25, 0.3) is 0 Å². The molecule has 0 bridgehead atoms. The SMILES string of the molecule is Cc1ccccc1CCNCc1c(OCC(C)C)ccc2ccccc12. The number of benzene rings is 3. The molecule has 136 valence electrons. The third kappa shape index (κ3) is 4.64. The minimum atomic E-state index is 0.517. The Labute approximate surface area is 157 Å². The quantitative estimate of drug-likeness (QED) is 0.542. The Hall–Kier alpha value is -2.32. The van der Waals surface area contributed by atoms with Crippen LogP contribution in [0.1, 0.15) is 30.5 Å². The second-order valence-electron chi connectivity index (χ2n) is 7.32. The smallest absolute Gasteiger partial charge is 0.124 e. The van der Waals surface area contributed by atoms with E-state index in [9.17, 15) is 0 Å². The molecule has 3 aromatic rings. The highest BCUT2D eigenvalue weighted by Gasteiger charge is 2.09. The first-order chi connectivity index (χ1) is 12.6. The average Bonchev–Trinajstić information content (AvgIpc) is 2.65. The van der Waals surface area contributed by atoms with Crippen LogP contribution in [0.2, 0.25) is 0 Å². The topological polar surface area (TPSA) is 21.3 Å². The maximum Gasteiger partial charge on any atom is 0.124 e. The summed E-state index contributed by atoms with van der Waals surface area (Å²) >= 11 is 0. The fourth-order valence-corrected chi connectivity index (χ4v) is 3.22. The normalized spacial score (nSPS) is 11.2. The van der Waals surface area contributed by atoms with Crippen LogP contribution in [-0.2, 0) is 13.0 Å². The summed E-state index contributed by atoms with van der Waals surface area (Å²) in [7, 11) is 0. The lowest BCUT2D eigenvalue weighted by atomic mass is 10.0. The van der Waals surface area contributed by atoms with Crippen molar-refractivity contribution in [3.8, 4) is 5.75 Å². The number of ether oxygens (including phenoxy) is 1. The summed E-state index contributed by atoms with van der Waals surface area (Å²) in [5.74, 6) is 1.52. The van der Waals surface area contributed by atoms with E-state index in [2.05, 4.69) is 86.8 Å². The molecule has 0 heterocycles. The van der Waals surface area contributed by atoms with Crippen molar-refractivity contribution in [1.29, 1.82) is 0 Å². The van der Waals surface area contributed by atoms with E-state index in [-0.39, 0.29) is 0 Å². The van der Waals surface area contributed by atoms with Crippen LogP contribution in [0.3, 0.4) is 0 Å². The van der Waals surface area contributed by atoms with Crippen LogP contribution in [0.4, 0.5) is 0 Å². The molecule has 0 saturated carbocycles. The zero-order valence-electron chi connectivity index (χ0n) is 16.1. The van der Waals surface area contributed by atoms with Crippen molar-refractivity contribution in [1.82, 2.24) is 5.32 Å². The Balaban J connectivity index is 1.72. The van der Waals surface area contributed by atoms with Crippen LogP contribution < -0.4 is 10.1 Å². The number of nitrogens with one attached hydrogen (secondary N) is 1. The van der Waals surface area contributed by atoms with Gasteiger partial charge in [-0.15, -0.1) is 0 Å². The molecule has 2 heteroatoms. The van der Waals surface area contributed by atoms with Gasteiger partial charge in [-0.05, 0) is 53.8 Å². The van der Waals surface area contributed by atoms with Gasteiger partial charge in [0, 0.05) is 12.1 Å². The van der Waals surface area contributed by atoms with E-state index in [1.54, 1.807) is 0 Å². The molecular formula is C24H29NO. The summed E-state index contributed by atoms with van der Waals surface area (Å²) in [5, 5.41) is 6.16. The summed E-state index contributed by atoms with van der Waals surface area (Å²) in [6, 6.07) is 21.4. The number of fused-ring (bicyclic) bond motifs is 1. The van der Waals surface area contributed by atoms with E-state index in [4.69, 9.17) is 4.74 Å². The van der Waals surface area contributed by atoms with Crippen molar-refractivity contribution in [2.24, 2.45) is 5.92 Å². The molecule has 0 atom stereocenters. The molecule has 1 N–H and O–H groups in total. The lowest BCUT2D eigenvalue weighted by Crippen LogP contribution is -2.18. The van der Waals surface area contributed by atoms with Gasteiger partial charge in [0.05, 0.1) is 6.61 Å². The fraction of sp³-hybridized carbons (Fsp3) is 0.333. The number of rotatable bonds is 8. The van der Waals surface area contributed by atoms with Crippen molar-refractivity contribution >= 4 is 10.8 Å². The molecule has 0 amide bonds. The van der Waals surface area contributed by atoms with E-state index >= 15 is 0 Å². The molecule has 0 aliphatic heterocycles. The van der Waals surface area contributed by atoms with Crippen molar-refractivity contribution < 1.29 is 4.74 Å². The van der Waals surface area contributed by atoms with Crippen molar-refractivity contribution in [2.75, 3.05) is 13.2 Å². The summed E-state index contributed by atoms with van der Waals surface area (Å²) in [6.07, 6.45) is 1.04. The summed E-state index contributed by atoms with van der Waals surface area (Å²) < 4.78 is 6.10. The second kappa shape index (κ2) is 8.86. The summed E-state index contributed by atoms with van der Waals surface area (Å²) in [5.41, 5.74) is 4.03. The molecule has 0 aliphatic carbocycles. The molecule has 2 nitrogen and oxygen atoms in total. The number of hydrogen-bond donors (Lipinski definition) is 1. The van der Waals surface area contributed by atoms with E-state index in [1.807, 2.05) is 0 Å². The molecule has 3 rings (SSSR count). The Bertz CT molecular complexity index is 854. The summed E-state index contributed by atoms with van der Waals surface area (Å²) in [6.45, 7) is 9.06.